The van der Waals surface area contributed by atoms with Crippen LogP contribution in [0.2, 0.25) is 0 Å². The number of benzene rings is 3. The van der Waals surface area contributed by atoms with Crippen LogP contribution < -0.4 is 16.4 Å². The van der Waals surface area contributed by atoms with Crippen molar-refractivity contribution in [2.45, 2.75) is 45.7 Å². The van der Waals surface area contributed by atoms with Crippen molar-refractivity contribution in [1.82, 2.24) is 10.2 Å². The smallest absolute Gasteiger partial charge is 0.251 e. The van der Waals surface area contributed by atoms with E-state index in [0.717, 1.165) is 16.7 Å². The summed E-state index contributed by atoms with van der Waals surface area (Å²) in [6, 6.07) is 23.8. The Morgan fingerprint density at radius 2 is 1.49 bits per heavy atom. The number of hydrogen-bond acceptors (Lipinski definition) is 4. The molecule has 3 rings (SSSR count). The summed E-state index contributed by atoms with van der Waals surface area (Å²) in [6.07, 6.45) is 1.87. The van der Waals surface area contributed by atoms with Gasteiger partial charge in [-0.2, -0.15) is 0 Å². The maximum atomic E-state index is 13.5. The van der Waals surface area contributed by atoms with Crippen LogP contribution >= 0.6 is 0 Å². The zero-order chi connectivity index (χ0) is 26.6. The van der Waals surface area contributed by atoms with Gasteiger partial charge in [-0.1, -0.05) is 80.9 Å². The molecule has 4 N–H and O–H groups in total. The minimum absolute atomic E-state index is 0.104. The fraction of sp³-hybridized carbons (Fsp3) is 0.300. The van der Waals surface area contributed by atoms with Gasteiger partial charge in [-0.25, -0.2) is 0 Å². The summed E-state index contributed by atoms with van der Waals surface area (Å²) in [6.45, 7) is 4.51. The van der Waals surface area contributed by atoms with Crippen LogP contribution in [0.4, 0.5) is 5.69 Å². The monoisotopic (exact) mass is 500 g/mol. The van der Waals surface area contributed by atoms with Crippen molar-refractivity contribution in [1.29, 1.82) is 0 Å². The third-order valence-corrected chi connectivity index (χ3v) is 6.09. The van der Waals surface area contributed by atoms with Crippen LogP contribution in [-0.2, 0) is 16.1 Å². The predicted octanol–water partition coefficient (Wildman–Crippen LogP) is 4.59. The lowest BCUT2D eigenvalue weighted by molar-refractivity contribution is -0.136. The Balaban J connectivity index is 1.68. The molecule has 0 spiro atoms. The number of hydrogen-bond donors (Lipinski definition) is 3. The van der Waals surface area contributed by atoms with E-state index in [9.17, 15) is 14.4 Å². The van der Waals surface area contributed by atoms with Gasteiger partial charge in [0.15, 0.2) is 0 Å². The second-order valence-electron chi connectivity index (χ2n) is 8.93. The molecule has 3 amide bonds. The first kappa shape index (κ1) is 27.6. The standard InChI is InChI=1S/C30H36N4O3/c1-3-10-27(33-29(36)24-17-15-23(16-18-24)22-11-6-5-7-12-22)30(37)34(19-4-2)21-28(35)32-26-14-9-8-13-25(26)20-31/h5-9,11-18,27H,3-4,10,19-21,31H2,1-2H3,(H,32,35)(H,33,36). The van der Waals surface area contributed by atoms with Crippen LogP contribution in [0.15, 0.2) is 78.9 Å². The Bertz CT molecular complexity index is 1180. The lowest BCUT2D eigenvalue weighted by Gasteiger charge is -2.27. The van der Waals surface area contributed by atoms with Crippen LogP contribution in [0.1, 0.15) is 49.0 Å². The second-order valence-corrected chi connectivity index (χ2v) is 8.93. The first-order valence-corrected chi connectivity index (χ1v) is 12.8. The average Bonchev–Trinajstić information content (AvgIpc) is 2.93. The third kappa shape index (κ3) is 7.75. The van der Waals surface area contributed by atoms with E-state index in [1.54, 1.807) is 18.2 Å². The Morgan fingerprint density at radius 3 is 2.14 bits per heavy atom. The van der Waals surface area contributed by atoms with E-state index in [1.807, 2.05) is 74.5 Å². The number of rotatable bonds is 12. The van der Waals surface area contributed by atoms with Crippen molar-refractivity contribution in [2.75, 3.05) is 18.4 Å². The van der Waals surface area contributed by atoms with Crippen molar-refractivity contribution in [3.05, 3.63) is 90.0 Å². The number of nitrogens with one attached hydrogen (secondary N) is 2. The van der Waals surface area contributed by atoms with Gasteiger partial charge in [-0.3, -0.25) is 14.4 Å². The highest BCUT2D eigenvalue weighted by Crippen LogP contribution is 2.19. The normalized spacial score (nSPS) is 11.4. The largest absolute Gasteiger partial charge is 0.340 e. The van der Waals surface area contributed by atoms with Gasteiger partial charge in [0, 0.05) is 24.3 Å². The summed E-state index contributed by atoms with van der Waals surface area (Å²) >= 11 is 0. The van der Waals surface area contributed by atoms with Gasteiger partial charge in [-0.05, 0) is 47.7 Å². The Kier molecular flexibility index (Phi) is 10.4. The SMILES string of the molecule is CCCC(NC(=O)c1ccc(-c2ccccc2)cc1)C(=O)N(CCC)CC(=O)Nc1ccccc1CN. The summed E-state index contributed by atoms with van der Waals surface area (Å²) in [5.41, 5.74) is 9.78. The zero-order valence-electron chi connectivity index (χ0n) is 21.6. The molecule has 7 heteroatoms. The molecule has 0 aliphatic heterocycles. The van der Waals surface area contributed by atoms with E-state index >= 15 is 0 Å². The van der Waals surface area contributed by atoms with Crippen LogP contribution in [0, 0.1) is 0 Å². The van der Waals surface area contributed by atoms with E-state index in [1.165, 1.54) is 4.90 Å². The Hall–Kier alpha value is -3.97. The molecule has 3 aromatic rings. The van der Waals surface area contributed by atoms with Crippen LogP contribution in [0.25, 0.3) is 11.1 Å². The molecule has 0 heterocycles. The van der Waals surface area contributed by atoms with Crippen LogP contribution in [0.3, 0.4) is 0 Å². The third-order valence-electron chi connectivity index (χ3n) is 6.09. The van der Waals surface area contributed by atoms with Crippen molar-refractivity contribution in [2.24, 2.45) is 5.73 Å². The molecule has 0 saturated heterocycles. The maximum Gasteiger partial charge on any atom is 0.251 e. The number of carbonyl (C=O) groups excluding carboxylic acids is 3. The van der Waals surface area contributed by atoms with Gasteiger partial charge < -0.3 is 21.3 Å². The average molecular weight is 501 g/mol. The van der Waals surface area contributed by atoms with Crippen LogP contribution in [-0.4, -0.2) is 41.8 Å². The molecule has 0 saturated carbocycles. The minimum atomic E-state index is -0.720. The molecule has 1 unspecified atom stereocenters. The molecular formula is C30H36N4O3. The van der Waals surface area contributed by atoms with Gasteiger partial charge in [0.25, 0.3) is 5.91 Å². The van der Waals surface area contributed by atoms with E-state index in [0.29, 0.717) is 43.6 Å². The molecule has 0 bridgehead atoms. The minimum Gasteiger partial charge on any atom is -0.340 e. The molecule has 1 atom stereocenters. The number of anilines is 1. The quantitative estimate of drug-likeness (QED) is 0.338. The first-order valence-electron chi connectivity index (χ1n) is 12.8. The van der Waals surface area contributed by atoms with Gasteiger partial charge in [0.2, 0.25) is 11.8 Å². The molecule has 194 valence electrons. The van der Waals surface area contributed by atoms with Gasteiger partial charge in [0.1, 0.15) is 6.04 Å². The highest BCUT2D eigenvalue weighted by molar-refractivity contribution is 5.99. The molecular weight excluding hydrogens is 464 g/mol. The maximum absolute atomic E-state index is 13.5. The van der Waals surface area contributed by atoms with Crippen molar-refractivity contribution >= 4 is 23.4 Å². The van der Waals surface area contributed by atoms with Crippen molar-refractivity contribution < 1.29 is 14.4 Å². The summed E-state index contributed by atoms with van der Waals surface area (Å²) in [5.74, 6) is -0.884. The van der Waals surface area contributed by atoms with E-state index in [-0.39, 0.29) is 24.3 Å². The summed E-state index contributed by atoms with van der Waals surface area (Å²) in [4.78, 5) is 40.8. The van der Waals surface area contributed by atoms with E-state index in [4.69, 9.17) is 5.73 Å². The molecule has 3 aromatic carbocycles. The summed E-state index contributed by atoms with van der Waals surface area (Å²) in [7, 11) is 0. The van der Waals surface area contributed by atoms with Crippen molar-refractivity contribution in [3.63, 3.8) is 0 Å². The zero-order valence-corrected chi connectivity index (χ0v) is 21.6. The van der Waals surface area contributed by atoms with Gasteiger partial charge >= 0.3 is 0 Å². The number of nitrogens with zero attached hydrogens (tertiary/aromatic N) is 1. The predicted molar refractivity (Wildman–Crippen MR) is 148 cm³/mol. The lowest BCUT2D eigenvalue weighted by Crippen LogP contribution is -2.50. The highest BCUT2D eigenvalue weighted by atomic mass is 16.2. The fourth-order valence-electron chi connectivity index (χ4n) is 4.17. The molecule has 0 radical (unpaired) electrons. The summed E-state index contributed by atoms with van der Waals surface area (Å²) < 4.78 is 0. The van der Waals surface area contributed by atoms with Gasteiger partial charge in [0.05, 0.1) is 6.54 Å². The Morgan fingerprint density at radius 1 is 0.838 bits per heavy atom. The molecule has 0 aliphatic carbocycles. The number of amides is 3. The van der Waals surface area contributed by atoms with Gasteiger partial charge in [-0.15, -0.1) is 0 Å². The molecule has 0 aliphatic rings. The number of nitrogens with two attached hydrogens (primary N) is 1. The van der Waals surface area contributed by atoms with Crippen molar-refractivity contribution in [3.8, 4) is 11.1 Å². The van der Waals surface area contributed by atoms with E-state index in [2.05, 4.69) is 10.6 Å². The molecule has 0 aromatic heterocycles. The second kappa shape index (κ2) is 13.9. The number of carbonyl (C=O) groups is 3. The number of para-hydroxylation sites is 1. The van der Waals surface area contributed by atoms with Crippen LogP contribution in [0.5, 0.6) is 0 Å². The first-order chi connectivity index (χ1) is 18.0. The topological polar surface area (TPSA) is 105 Å². The highest BCUT2D eigenvalue weighted by Gasteiger charge is 2.27. The molecule has 37 heavy (non-hydrogen) atoms. The fourth-order valence-corrected chi connectivity index (χ4v) is 4.17. The Labute approximate surface area is 219 Å². The van der Waals surface area contributed by atoms with E-state index < -0.39 is 6.04 Å². The summed E-state index contributed by atoms with van der Waals surface area (Å²) in [5, 5.41) is 5.76. The lowest BCUT2D eigenvalue weighted by atomic mass is 10.0. The molecule has 7 nitrogen and oxygen atoms in total. The molecule has 0 fully saturated rings.